The summed E-state index contributed by atoms with van der Waals surface area (Å²) in [6.07, 6.45) is -10.5. The van der Waals surface area contributed by atoms with Crippen LogP contribution in [0.25, 0.3) is 0 Å². The lowest BCUT2D eigenvalue weighted by molar-refractivity contribution is -0.276. The molecule has 104 valence electrons. The van der Waals surface area contributed by atoms with Gasteiger partial charge in [-0.2, -0.15) is 18.4 Å². The summed E-state index contributed by atoms with van der Waals surface area (Å²) in [4.78, 5) is 2.83. The molecule has 0 aliphatic carbocycles. The SMILES string of the molecule is N#CCc1cnc(C(F)(F)F)c(OC(F)(F)F)c1Cl. The molecule has 0 fully saturated rings. The number of nitrogens with zero attached hydrogens (tertiary/aromatic N) is 2. The highest BCUT2D eigenvalue weighted by molar-refractivity contribution is 6.33. The largest absolute Gasteiger partial charge is 0.573 e. The van der Waals surface area contributed by atoms with Gasteiger partial charge in [-0.3, -0.25) is 0 Å². The molecule has 3 nitrogen and oxygen atoms in total. The van der Waals surface area contributed by atoms with Crippen molar-refractivity contribution in [1.29, 1.82) is 5.26 Å². The van der Waals surface area contributed by atoms with Crippen molar-refractivity contribution in [3.05, 3.63) is 22.5 Å². The number of alkyl halides is 6. The third-order valence-corrected chi connectivity index (χ3v) is 2.22. The average Bonchev–Trinajstić information content (AvgIpc) is 2.20. The summed E-state index contributed by atoms with van der Waals surface area (Å²) in [5, 5.41) is 7.43. The van der Waals surface area contributed by atoms with Gasteiger partial charge in [-0.1, -0.05) is 11.6 Å². The van der Waals surface area contributed by atoms with Crippen LogP contribution in [0, 0.1) is 11.3 Å². The van der Waals surface area contributed by atoms with Crippen LogP contribution in [0.4, 0.5) is 26.3 Å². The quantitative estimate of drug-likeness (QED) is 0.782. The Hall–Kier alpha value is -1.69. The molecule has 10 heteroatoms. The van der Waals surface area contributed by atoms with Crippen LogP contribution in [0.1, 0.15) is 11.3 Å². The lowest BCUT2D eigenvalue weighted by Gasteiger charge is -2.16. The van der Waals surface area contributed by atoms with E-state index in [1.807, 2.05) is 0 Å². The Labute approximate surface area is 107 Å². The molecule has 0 bridgehead atoms. The van der Waals surface area contributed by atoms with Gasteiger partial charge in [-0.05, 0) is 0 Å². The van der Waals surface area contributed by atoms with Crippen molar-refractivity contribution in [2.24, 2.45) is 0 Å². The smallest absolute Gasteiger partial charge is 0.402 e. The molecule has 1 aromatic heterocycles. The van der Waals surface area contributed by atoms with Crippen molar-refractivity contribution in [3.8, 4) is 11.8 Å². The number of hydrogen-bond donors (Lipinski definition) is 0. The molecule has 0 aliphatic rings. The zero-order valence-electron chi connectivity index (χ0n) is 8.73. The summed E-state index contributed by atoms with van der Waals surface area (Å²) in [6.45, 7) is 0. The fourth-order valence-corrected chi connectivity index (χ4v) is 1.37. The third-order valence-electron chi connectivity index (χ3n) is 1.80. The minimum atomic E-state index is -5.36. The Balaban J connectivity index is 3.43. The monoisotopic (exact) mass is 304 g/mol. The number of rotatable bonds is 2. The van der Waals surface area contributed by atoms with Crippen molar-refractivity contribution in [3.63, 3.8) is 0 Å². The van der Waals surface area contributed by atoms with Crippen LogP contribution >= 0.6 is 11.6 Å². The van der Waals surface area contributed by atoms with Gasteiger partial charge in [0, 0.05) is 11.8 Å². The molecule has 0 aliphatic heterocycles. The predicted octanol–water partition coefficient (Wildman–Crippen LogP) is 3.72. The molecule has 1 heterocycles. The highest BCUT2D eigenvalue weighted by Crippen LogP contribution is 2.42. The van der Waals surface area contributed by atoms with Crippen molar-refractivity contribution in [2.45, 2.75) is 19.0 Å². The molecule has 0 unspecified atom stereocenters. The maximum absolute atomic E-state index is 12.5. The van der Waals surface area contributed by atoms with Crippen molar-refractivity contribution in [2.75, 3.05) is 0 Å². The molecule has 0 amide bonds. The summed E-state index contributed by atoms with van der Waals surface area (Å²) < 4.78 is 76.9. The van der Waals surface area contributed by atoms with E-state index in [0.29, 0.717) is 6.20 Å². The van der Waals surface area contributed by atoms with Crippen molar-refractivity contribution >= 4 is 11.6 Å². The standard InChI is InChI=1S/C9H3ClF6N2O/c10-5-4(1-2-17)3-18-7(8(11,12)13)6(5)19-9(14,15)16/h3H,1H2. The second-order valence-corrected chi connectivity index (χ2v) is 3.53. The van der Waals surface area contributed by atoms with Crippen LogP contribution in [0.15, 0.2) is 6.20 Å². The van der Waals surface area contributed by atoms with E-state index in [2.05, 4.69) is 9.72 Å². The van der Waals surface area contributed by atoms with Gasteiger partial charge in [-0.25, -0.2) is 4.98 Å². The van der Waals surface area contributed by atoms with E-state index in [0.717, 1.165) is 0 Å². The number of ether oxygens (including phenoxy) is 1. The molecule has 0 spiro atoms. The number of pyridine rings is 1. The second-order valence-electron chi connectivity index (χ2n) is 3.16. The van der Waals surface area contributed by atoms with Crippen LogP contribution in [0.5, 0.6) is 5.75 Å². The lowest BCUT2D eigenvalue weighted by atomic mass is 10.2. The number of nitriles is 1. The normalized spacial score (nSPS) is 12.1. The first-order valence-electron chi connectivity index (χ1n) is 4.43. The molecule has 1 aromatic rings. The fraction of sp³-hybridized carbons (Fsp3) is 0.333. The maximum Gasteiger partial charge on any atom is 0.573 e. The van der Waals surface area contributed by atoms with Gasteiger partial charge in [0.25, 0.3) is 0 Å². The molecular formula is C9H3ClF6N2O. The Bertz CT molecular complexity index is 519. The summed E-state index contributed by atoms with van der Waals surface area (Å²) >= 11 is 5.39. The van der Waals surface area contributed by atoms with E-state index >= 15 is 0 Å². The van der Waals surface area contributed by atoms with Crippen molar-refractivity contribution in [1.82, 2.24) is 4.98 Å². The van der Waals surface area contributed by atoms with Crippen LogP contribution in [-0.4, -0.2) is 11.3 Å². The minimum absolute atomic E-state index is 0.295. The van der Waals surface area contributed by atoms with Crippen molar-refractivity contribution < 1.29 is 31.1 Å². The fourth-order valence-electron chi connectivity index (χ4n) is 1.13. The van der Waals surface area contributed by atoms with Gasteiger partial charge in [0.2, 0.25) is 0 Å². The summed E-state index contributed by atoms with van der Waals surface area (Å²) in [7, 11) is 0. The number of hydrogen-bond acceptors (Lipinski definition) is 3. The predicted molar refractivity (Wildman–Crippen MR) is 50.2 cm³/mol. The van der Waals surface area contributed by atoms with Crippen LogP contribution < -0.4 is 4.74 Å². The van der Waals surface area contributed by atoms with E-state index < -0.39 is 35.4 Å². The highest BCUT2D eigenvalue weighted by atomic mass is 35.5. The van der Waals surface area contributed by atoms with Crippen LogP contribution in [0.2, 0.25) is 5.02 Å². The van der Waals surface area contributed by atoms with E-state index in [-0.39, 0.29) is 5.56 Å². The maximum atomic E-state index is 12.5. The molecule has 0 saturated heterocycles. The summed E-state index contributed by atoms with van der Waals surface area (Å²) in [6, 6.07) is 1.53. The van der Waals surface area contributed by atoms with Gasteiger partial charge in [0.15, 0.2) is 11.4 Å². The first-order valence-corrected chi connectivity index (χ1v) is 4.81. The van der Waals surface area contributed by atoms with Gasteiger partial charge < -0.3 is 4.74 Å². The Morgan fingerprint density at radius 2 is 1.84 bits per heavy atom. The molecule has 0 N–H and O–H groups in total. The highest BCUT2D eigenvalue weighted by Gasteiger charge is 2.42. The van der Waals surface area contributed by atoms with Crippen LogP contribution in [-0.2, 0) is 12.6 Å². The zero-order chi connectivity index (χ0) is 14.8. The molecule has 19 heavy (non-hydrogen) atoms. The molecule has 0 atom stereocenters. The van der Waals surface area contributed by atoms with Gasteiger partial charge in [0.1, 0.15) is 0 Å². The van der Waals surface area contributed by atoms with Gasteiger partial charge >= 0.3 is 12.5 Å². The lowest BCUT2D eigenvalue weighted by Crippen LogP contribution is -2.21. The Morgan fingerprint density at radius 3 is 2.26 bits per heavy atom. The Kier molecular flexibility index (Phi) is 4.15. The van der Waals surface area contributed by atoms with Gasteiger partial charge in [0.05, 0.1) is 17.5 Å². The first-order chi connectivity index (χ1) is 8.56. The molecule has 0 saturated carbocycles. The van der Waals surface area contributed by atoms with E-state index in [9.17, 15) is 26.3 Å². The number of halogens is 7. The van der Waals surface area contributed by atoms with Gasteiger partial charge in [-0.15, -0.1) is 13.2 Å². The summed E-state index contributed by atoms with van der Waals surface area (Å²) in [5.74, 6) is -1.66. The molecule has 0 radical (unpaired) electrons. The topological polar surface area (TPSA) is 45.9 Å². The molecule has 0 aromatic carbocycles. The van der Waals surface area contributed by atoms with Crippen LogP contribution in [0.3, 0.4) is 0 Å². The molecule has 1 rings (SSSR count). The Morgan fingerprint density at radius 1 is 1.26 bits per heavy atom. The van der Waals surface area contributed by atoms with E-state index in [4.69, 9.17) is 16.9 Å². The number of aromatic nitrogens is 1. The van der Waals surface area contributed by atoms with E-state index in [1.165, 1.54) is 6.07 Å². The minimum Gasteiger partial charge on any atom is -0.402 e. The zero-order valence-corrected chi connectivity index (χ0v) is 9.49. The van der Waals surface area contributed by atoms with E-state index in [1.54, 1.807) is 0 Å². The second kappa shape index (κ2) is 5.13. The average molecular weight is 305 g/mol. The molecular weight excluding hydrogens is 302 g/mol. The first kappa shape index (κ1) is 15.4. The third kappa shape index (κ3) is 3.89. The summed E-state index contributed by atoms with van der Waals surface area (Å²) in [5.41, 5.74) is -2.20.